The normalized spacial score (nSPS) is 23.9. The van der Waals surface area contributed by atoms with Crippen LogP contribution in [0.25, 0.3) is 0 Å². The van der Waals surface area contributed by atoms with Crippen LogP contribution in [0.4, 0.5) is 0 Å². The SMILES string of the molecule is CCC(NC1CCCOCC1)c1ncc[nH]1. The Morgan fingerprint density at radius 2 is 2.50 bits per heavy atom. The molecule has 4 heteroatoms. The van der Waals surface area contributed by atoms with Gasteiger partial charge >= 0.3 is 0 Å². The van der Waals surface area contributed by atoms with Gasteiger partial charge in [0.05, 0.1) is 6.04 Å². The van der Waals surface area contributed by atoms with Gasteiger partial charge in [-0.2, -0.15) is 0 Å². The first-order valence-electron chi connectivity index (χ1n) is 6.23. The molecule has 0 radical (unpaired) electrons. The van der Waals surface area contributed by atoms with Crippen LogP contribution in [0.5, 0.6) is 0 Å². The summed E-state index contributed by atoms with van der Waals surface area (Å²) >= 11 is 0. The van der Waals surface area contributed by atoms with E-state index in [0.717, 1.165) is 38.3 Å². The lowest BCUT2D eigenvalue weighted by Gasteiger charge is -2.22. The molecule has 0 aliphatic carbocycles. The number of imidazole rings is 1. The Labute approximate surface area is 96.8 Å². The first-order chi connectivity index (χ1) is 7.90. The first kappa shape index (κ1) is 11.6. The van der Waals surface area contributed by atoms with Crippen molar-refractivity contribution in [2.75, 3.05) is 13.2 Å². The summed E-state index contributed by atoms with van der Waals surface area (Å²) in [6.07, 6.45) is 8.23. The van der Waals surface area contributed by atoms with Gasteiger partial charge in [-0.25, -0.2) is 4.98 Å². The van der Waals surface area contributed by atoms with E-state index in [1.54, 1.807) is 0 Å². The summed E-state index contributed by atoms with van der Waals surface area (Å²) in [4.78, 5) is 7.52. The number of aromatic nitrogens is 2. The standard InChI is InChI=1S/C12H21N3O/c1-2-11(12-13-6-7-14-12)15-10-4-3-8-16-9-5-10/h6-7,10-11,15H,2-5,8-9H2,1H3,(H,13,14). The van der Waals surface area contributed by atoms with Crippen molar-refractivity contribution in [2.45, 2.75) is 44.7 Å². The molecule has 90 valence electrons. The average Bonchev–Trinajstić information content (AvgIpc) is 2.71. The zero-order valence-electron chi connectivity index (χ0n) is 9.91. The third kappa shape index (κ3) is 3.06. The highest BCUT2D eigenvalue weighted by atomic mass is 16.5. The Balaban J connectivity index is 1.90. The Morgan fingerprint density at radius 3 is 3.25 bits per heavy atom. The van der Waals surface area contributed by atoms with Crippen LogP contribution in [0.15, 0.2) is 12.4 Å². The molecular formula is C12H21N3O. The van der Waals surface area contributed by atoms with E-state index in [2.05, 4.69) is 22.2 Å². The Morgan fingerprint density at radius 1 is 1.56 bits per heavy atom. The van der Waals surface area contributed by atoms with E-state index >= 15 is 0 Å². The molecule has 4 nitrogen and oxygen atoms in total. The van der Waals surface area contributed by atoms with E-state index < -0.39 is 0 Å². The summed E-state index contributed by atoms with van der Waals surface area (Å²) in [6, 6.07) is 0.913. The van der Waals surface area contributed by atoms with Gasteiger partial charge in [-0.3, -0.25) is 0 Å². The second-order valence-electron chi connectivity index (χ2n) is 4.34. The fourth-order valence-electron chi connectivity index (χ4n) is 2.21. The fraction of sp³-hybridized carbons (Fsp3) is 0.750. The number of ether oxygens (including phenoxy) is 1. The van der Waals surface area contributed by atoms with Gasteiger partial charge in [-0.05, 0) is 25.7 Å². The van der Waals surface area contributed by atoms with Crippen molar-refractivity contribution >= 4 is 0 Å². The highest BCUT2D eigenvalue weighted by Crippen LogP contribution is 2.16. The number of aromatic amines is 1. The van der Waals surface area contributed by atoms with Crippen molar-refractivity contribution in [2.24, 2.45) is 0 Å². The number of nitrogens with one attached hydrogen (secondary N) is 2. The van der Waals surface area contributed by atoms with Gasteiger partial charge in [0.1, 0.15) is 5.82 Å². The van der Waals surface area contributed by atoms with Gasteiger partial charge in [-0.15, -0.1) is 0 Å². The zero-order chi connectivity index (χ0) is 11.2. The van der Waals surface area contributed by atoms with E-state index in [4.69, 9.17) is 4.74 Å². The number of hydrogen-bond donors (Lipinski definition) is 2. The Kier molecular flexibility index (Phi) is 4.36. The lowest BCUT2D eigenvalue weighted by atomic mass is 10.1. The largest absolute Gasteiger partial charge is 0.381 e. The van der Waals surface area contributed by atoms with Gasteiger partial charge in [0.15, 0.2) is 0 Å². The van der Waals surface area contributed by atoms with Crippen LogP contribution >= 0.6 is 0 Å². The predicted molar refractivity (Wildman–Crippen MR) is 63.2 cm³/mol. The van der Waals surface area contributed by atoms with Crippen LogP contribution in [0.2, 0.25) is 0 Å². The van der Waals surface area contributed by atoms with Crippen molar-refractivity contribution in [3.05, 3.63) is 18.2 Å². The monoisotopic (exact) mass is 223 g/mol. The summed E-state index contributed by atoms with van der Waals surface area (Å²) in [5.74, 6) is 1.05. The molecule has 0 bridgehead atoms. The maximum atomic E-state index is 5.47. The topological polar surface area (TPSA) is 49.9 Å². The van der Waals surface area contributed by atoms with E-state index in [1.165, 1.54) is 6.42 Å². The van der Waals surface area contributed by atoms with Crippen LogP contribution in [0.1, 0.15) is 44.5 Å². The zero-order valence-corrected chi connectivity index (χ0v) is 9.91. The van der Waals surface area contributed by atoms with Gasteiger partial charge in [0.25, 0.3) is 0 Å². The van der Waals surface area contributed by atoms with Crippen LogP contribution in [0, 0.1) is 0 Å². The molecule has 1 saturated heterocycles. The minimum absolute atomic E-state index is 0.345. The van der Waals surface area contributed by atoms with Gasteiger partial charge in [0.2, 0.25) is 0 Å². The van der Waals surface area contributed by atoms with Crippen molar-refractivity contribution in [1.29, 1.82) is 0 Å². The Bertz CT molecular complexity index is 278. The third-order valence-electron chi connectivity index (χ3n) is 3.15. The molecule has 2 rings (SSSR count). The van der Waals surface area contributed by atoms with Crippen LogP contribution in [-0.4, -0.2) is 29.2 Å². The number of rotatable bonds is 4. The number of nitrogens with zero attached hydrogens (tertiary/aromatic N) is 1. The molecule has 0 saturated carbocycles. The maximum Gasteiger partial charge on any atom is 0.123 e. The van der Waals surface area contributed by atoms with Crippen LogP contribution in [-0.2, 0) is 4.74 Å². The van der Waals surface area contributed by atoms with E-state index in [1.807, 2.05) is 12.4 Å². The molecule has 1 fully saturated rings. The molecule has 16 heavy (non-hydrogen) atoms. The van der Waals surface area contributed by atoms with Crippen molar-refractivity contribution in [1.82, 2.24) is 15.3 Å². The molecule has 2 heterocycles. The quantitative estimate of drug-likeness (QED) is 0.821. The molecule has 0 aromatic carbocycles. The van der Waals surface area contributed by atoms with Gasteiger partial charge in [-0.1, -0.05) is 6.92 Å². The number of H-pyrrole nitrogens is 1. The maximum absolute atomic E-state index is 5.47. The summed E-state index contributed by atoms with van der Waals surface area (Å²) in [6.45, 7) is 3.98. The molecule has 1 aliphatic heterocycles. The molecule has 0 amide bonds. The summed E-state index contributed by atoms with van der Waals surface area (Å²) in [7, 11) is 0. The summed E-state index contributed by atoms with van der Waals surface area (Å²) in [5.41, 5.74) is 0. The summed E-state index contributed by atoms with van der Waals surface area (Å²) in [5, 5.41) is 3.67. The van der Waals surface area contributed by atoms with Crippen LogP contribution < -0.4 is 5.32 Å². The second kappa shape index (κ2) is 6.01. The van der Waals surface area contributed by atoms with E-state index in [0.29, 0.717) is 12.1 Å². The van der Waals surface area contributed by atoms with Crippen molar-refractivity contribution in [3.63, 3.8) is 0 Å². The van der Waals surface area contributed by atoms with E-state index in [-0.39, 0.29) is 0 Å². The smallest absolute Gasteiger partial charge is 0.123 e. The van der Waals surface area contributed by atoms with E-state index in [9.17, 15) is 0 Å². The average molecular weight is 223 g/mol. The van der Waals surface area contributed by atoms with Crippen LogP contribution in [0.3, 0.4) is 0 Å². The molecule has 2 atom stereocenters. The summed E-state index contributed by atoms with van der Waals surface area (Å²) < 4.78 is 5.47. The minimum atomic E-state index is 0.345. The lowest BCUT2D eigenvalue weighted by molar-refractivity contribution is 0.142. The van der Waals surface area contributed by atoms with Crippen molar-refractivity contribution < 1.29 is 4.74 Å². The third-order valence-corrected chi connectivity index (χ3v) is 3.15. The molecule has 1 aromatic rings. The fourth-order valence-corrected chi connectivity index (χ4v) is 2.21. The second-order valence-corrected chi connectivity index (χ2v) is 4.34. The molecule has 0 spiro atoms. The highest BCUT2D eigenvalue weighted by molar-refractivity contribution is 4.96. The predicted octanol–water partition coefficient (Wildman–Crippen LogP) is 2.02. The molecule has 2 N–H and O–H groups in total. The highest BCUT2D eigenvalue weighted by Gasteiger charge is 2.18. The van der Waals surface area contributed by atoms with Gasteiger partial charge in [0, 0.05) is 31.6 Å². The number of hydrogen-bond acceptors (Lipinski definition) is 3. The molecule has 1 aliphatic rings. The molecule has 2 unspecified atom stereocenters. The van der Waals surface area contributed by atoms with Crippen molar-refractivity contribution in [3.8, 4) is 0 Å². The molecular weight excluding hydrogens is 202 g/mol. The van der Waals surface area contributed by atoms with Gasteiger partial charge < -0.3 is 15.0 Å². The lowest BCUT2D eigenvalue weighted by Crippen LogP contribution is -2.33. The Hall–Kier alpha value is -0.870. The minimum Gasteiger partial charge on any atom is -0.381 e. The molecule has 1 aromatic heterocycles. The first-order valence-corrected chi connectivity index (χ1v) is 6.23.